The molecule has 114 valence electrons. The number of amides is 1. The summed E-state index contributed by atoms with van der Waals surface area (Å²) in [5.74, 6) is -1.57. The predicted molar refractivity (Wildman–Crippen MR) is 67.8 cm³/mol. The molecule has 0 aliphatic heterocycles. The second-order valence-corrected chi connectivity index (χ2v) is 4.60. The van der Waals surface area contributed by atoms with Crippen molar-refractivity contribution < 1.29 is 29.0 Å². The first-order valence-corrected chi connectivity index (χ1v) is 6.50. The molecule has 1 aliphatic rings. The van der Waals surface area contributed by atoms with Crippen LogP contribution in [0.5, 0.6) is 0 Å². The fraction of sp³-hybridized carbons (Fsp3) is 0.750. The molecule has 0 bridgehead atoms. The summed E-state index contributed by atoms with van der Waals surface area (Å²) in [6.07, 6.45) is 0.0893. The van der Waals surface area contributed by atoms with Gasteiger partial charge in [-0.25, -0.2) is 4.79 Å². The molecule has 1 saturated carbocycles. The highest BCUT2D eigenvalue weighted by Crippen LogP contribution is 2.40. The second-order valence-electron chi connectivity index (χ2n) is 4.60. The van der Waals surface area contributed by atoms with Gasteiger partial charge in [-0.15, -0.1) is 0 Å². The average molecular weight is 288 g/mol. The van der Waals surface area contributed by atoms with Gasteiger partial charge < -0.3 is 25.6 Å². The van der Waals surface area contributed by atoms with E-state index in [1.807, 2.05) is 0 Å². The molecule has 4 N–H and O–H groups in total. The van der Waals surface area contributed by atoms with Crippen LogP contribution in [0, 0.1) is 11.8 Å². The molecule has 3 atom stereocenters. The van der Waals surface area contributed by atoms with Gasteiger partial charge in [0.25, 0.3) is 0 Å². The number of nitrogens with two attached hydrogens (primary N) is 1. The van der Waals surface area contributed by atoms with Gasteiger partial charge in [0.05, 0.1) is 19.6 Å². The molecule has 8 nitrogen and oxygen atoms in total. The minimum Gasteiger partial charge on any atom is -0.480 e. The smallest absolute Gasteiger partial charge is 0.407 e. The fourth-order valence-corrected chi connectivity index (χ4v) is 1.82. The maximum atomic E-state index is 11.3. The minimum atomic E-state index is -1.05. The van der Waals surface area contributed by atoms with E-state index in [4.69, 9.17) is 20.3 Å². The predicted octanol–water partition coefficient (Wildman–Crippen LogP) is -0.286. The van der Waals surface area contributed by atoms with Crippen LogP contribution < -0.4 is 11.1 Å². The summed E-state index contributed by atoms with van der Waals surface area (Å²) in [5, 5.41) is 11.1. The molecular formula is C12H20N2O6. The van der Waals surface area contributed by atoms with Gasteiger partial charge in [-0.2, -0.15) is 0 Å². The van der Waals surface area contributed by atoms with Gasteiger partial charge in [-0.1, -0.05) is 0 Å². The monoisotopic (exact) mass is 288 g/mol. The van der Waals surface area contributed by atoms with Crippen LogP contribution >= 0.6 is 0 Å². The number of hydrogen-bond acceptors (Lipinski definition) is 6. The van der Waals surface area contributed by atoms with Gasteiger partial charge in [-0.3, -0.25) is 9.59 Å². The Balaban J connectivity index is 2.07. The SMILES string of the molecule is CCOC(=O)CCNC(=O)OCC1CC1C(N)C(=O)O. The Morgan fingerprint density at radius 3 is 2.70 bits per heavy atom. The summed E-state index contributed by atoms with van der Waals surface area (Å²) < 4.78 is 9.61. The summed E-state index contributed by atoms with van der Waals surface area (Å²) in [6, 6.07) is -0.907. The zero-order chi connectivity index (χ0) is 15.1. The van der Waals surface area contributed by atoms with Crippen LogP contribution in [0.4, 0.5) is 4.79 Å². The van der Waals surface area contributed by atoms with Gasteiger partial charge in [0.2, 0.25) is 0 Å². The fourth-order valence-electron chi connectivity index (χ4n) is 1.82. The van der Waals surface area contributed by atoms with Crippen molar-refractivity contribution in [1.82, 2.24) is 5.32 Å². The number of ether oxygens (including phenoxy) is 2. The number of carboxylic acid groups (broad SMARTS) is 1. The minimum absolute atomic E-state index is 0.00286. The van der Waals surface area contributed by atoms with Gasteiger partial charge in [0.1, 0.15) is 6.04 Å². The third-order valence-corrected chi connectivity index (χ3v) is 3.06. The van der Waals surface area contributed by atoms with Crippen molar-refractivity contribution in [2.45, 2.75) is 25.8 Å². The van der Waals surface area contributed by atoms with Crippen LogP contribution in [0.1, 0.15) is 19.8 Å². The summed E-state index contributed by atoms with van der Waals surface area (Å²) in [4.78, 5) is 32.9. The number of hydrogen-bond donors (Lipinski definition) is 3. The molecule has 0 aromatic heterocycles. The third kappa shape index (κ3) is 5.43. The van der Waals surface area contributed by atoms with Crippen molar-refractivity contribution in [3.8, 4) is 0 Å². The summed E-state index contributed by atoms with van der Waals surface area (Å²) in [6.45, 7) is 2.28. The Morgan fingerprint density at radius 1 is 1.40 bits per heavy atom. The van der Waals surface area contributed by atoms with E-state index in [1.54, 1.807) is 6.92 Å². The highest BCUT2D eigenvalue weighted by molar-refractivity contribution is 5.74. The molecule has 20 heavy (non-hydrogen) atoms. The molecule has 1 rings (SSSR count). The van der Waals surface area contributed by atoms with E-state index in [0.717, 1.165) is 0 Å². The third-order valence-electron chi connectivity index (χ3n) is 3.06. The number of rotatable bonds is 8. The van der Waals surface area contributed by atoms with E-state index in [1.165, 1.54) is 0 Å². The molecule has 1 amide bonds. The maximum absolute atomic E-state index is 11.3. The molecule has 1 fully saturated rings. The van der Waals surface area contributed by atoms with E-state index >= 15 is 0 Å². The van der Waals surface area contributed by atoms with Crippen molar-refractivity contribution in [2.24, 2.45) is 17.6 Å². The standard InChI is InChI=1S/C12H20N2O6/c1-2-19-9(15)3-4-14-12(18)20-6-7-5-8(7)10(13)11(16)17/h7-8,10H,2-6,13H2,1H3,(H,14,18)(H,16,17). The molecule has 1 aliphatic carbocycles. The van der Waals surface area contributed by atoms with Crippen LogP contribution in [-0.2, 0) is 19.1 Å². The Kier molecular flexibility index (Phi) is 6.23. The number of esters is 1. The molecule has 0 heterocycles. The largest absolute Gasteiger partial charge is 0.480 e. The van der Waals surface area contributed by atoms with E-state index in [2.05, 4.69) is 5.32 Å². The second kappa shape index (κ2) is 7.68. The zero-order valence-corrected chi connectivity index (χ0v) is 11.3. The molecule has 0 aromatic rings. The van der Waals surface area contributed by atoms with Crippen molar-refractivity contribution in [2.75, 3.05) is 19.8 Å². The van der Waals surface area contributed by atoms with E-state index in [0.29, 0.717) is 13.0 Å². The molecule has 8 heteroatoms. The van der Waals surface area contributed by atoms with Gasteiger partial charge >= 0.3 is 18.0 Å². The van der Waals surface area contributed by atoms with Crippen molar-refractivity contribution in [3.63, 3.8) is 0 Å². The summed E-state index contributed by atoms with van der Waals surface area (Å²) >= 11 is 0. The van der Waals surface area contributed by atoms with E-state index in [9.17, 15) is 14.4 Å². The number of carbonyl (C=O) groups excluding carboxylic acids is 2. The van der Waals surface area contributed by atoms with Crippen molar-refractivity contribution in [1.29, 1.82) is 0 Å². The molecule has 3 unspecified atom stereocenters. The molecule has 0 spiro atoms. The van der Waals surface area contributed by atoms with Gasteiger partial charge in [0, 0.05) is 6.54 Å². The van der Waals surface area contributed by atoms with Crippen LogP contribution in [0.25, 0.3) is 0 Å². The quantitative estimate of drug-likeness (QED) is 0.524. The summed E-state index contributed by atoms with van der Waals surface area (Å²) in [7, 11) is 0. The lowest BCUT2D eigenvalue weighted by Crippen LogP contribution is -2.33. The topological polar surface area (TPSA) is 128 Å². The number of aliphatic carboxylic acids is 1. The normalized spacial score (nSPS) is 21.7. The Labute approximate surface area is 116 Å². The number of carboxylic acids is 1. The zero-order valence-electron chi connectivity index (χ0n) is 11.3. The lowest BCUT2D eigenvalue weighted by atomic mass is 10.2. The average Bonchev–Trinajstić information content (AvgIpc) is 3.15. The Bertz CT molecular complexity index is 373. The van der Waals surface area contributed by atoms with E-state index < -0.39 is 18.1 Å². The highest BCUT2D eigenvalue weighted by atomic mass is 16.5. The molecule has 0 saturated heterocycles. The first kappa shape index (κ1) is 16.2. The molecular weight excluding hydrogens is 268 g/mol. The lowest BCUT2D eigenvalue weighted by Gasteiger charge is -2.08. The number of nitrogens with one attached hydrogen (secondary N) is 1. The maximum Gasteiger partial charge on any atom is 0.407 e. The highest BCUT2D eigenvalue weighted by Gasteiger charge is 2.45. The number of carbonyl (C=O) groups is 3. The van der Waals surface area contributed by atoms with Crippen LogP contribution in [0.3, 0.4) is 0 Å². The van der Waals surface area contributed by atoms with Crippen molar-refractivity contribution >= 4 is 18.0 Å². The van der Waals surface area contributed by atoms with E-state index in [-0.39, 0.29) is 37.4 Å². The first-order valence-electron chi connectivity index (χ1n) is 6.50. The van der Waals surface area contributed by atoms with Gasteiger partial charge in [0.15, 0.2) is 0 Å². The van der Waals surface area contributed by atoms with Crippen LogP contribution in [0.15, 0.2) is 0 Å². The molecule has 0 aromatic carbocycles. The lowest BCUT2D eigenvalue weighted by molar-refractivity contribution is -0.143. The number of alkyl carbamates (subject to hydrolysis) is 1. The Hall–Kier alpha value is -1.83. The summed E-state index contributed by atoms with van der Waals surface area (Å²) in [5.41, 5.74) is 5.45. The van der Waals surface area contributed by atoms with Crippen LogP contribution in [-0.4, -0.2) is 48.9 Å². The molecule has 0 radical (unpaired) electrons. The Morgan fingerprint density at radius 2 is 2.10 bits per heavy atom. The van der Waals surface area contributed by atoms with Crippen molar-refractivity contribution in [3.05, 3.63) is 0 Å². The van der Waals surface area contributed by atoms with Crippen LogP contribution in [0.2, 0.25) is 0 Å². The first-order chi connectivity index (χ1) is 9.45. The van der Waals surface area contributed by atoms with Gasteiger partial charge in [-0.05, 0) is 25.2 Å².